The van der Waals surface area contributed by atoms with Gasteiger partial charge in [-0.1, -0.05) is 22.0 Å². The summed E-state index contributed by atoms with van der Waals surface area (Å²) in [7, 11) is 0. The van der Waals surface area contributed by atoms with Gasteiger partial charge in [-0.2, -0.15) is 0 Å². The summed E-state index contributed by atoms with van der Waals surface area (Å²) in [6.45, 7) is 0.902. The first-order valence-electron chi connectivity index (χ1n) is 6.19. The second-order valence-electron chi connectivity index (χ2n) is 4.13. The molecule has 0 unspecified atom stereocenters. The molecule has 1 amide bonds. The van der Waals surface area contributed by atoms with Gasteiger partial charge in [-0.15, -0.1) is 0 Å². The molecule has 3 N–H and O–H groups in total. The van der Waals surface area contributed by atoms with E-state index in [1.54, 1.807) is 18.2 Å². The average molecular weight is 335 g/mol. The summed E-state index contributed by atoms with van der Waals surface area (Å²) in [6, 6.07) is 14.4. The van der Waals surface area contributed by atoms with Crippen LogP contribution < -0.4 is 15.8 Å². The molecule has 4 nitrogen and oxygen atoms in total. The normalized spacial score (nSPS) is 10.1. The Morgan fingerprint density at radius 2 is 1.95 bits per heavy atom. The topological polar surface area (TPSA) is 64.3 Å². The molecule has 2 aromatic carbocycles. The van der Waals surface area contributed by atoms with Crippen molar-refractivity contribution in [2.75, 3.05) is 18.5 Å². The van der Waals surface area contributed by atoms with Crippen LogP contribution in [0.2, 0.25) is 0 Å². The first kappa shape index (κ1) is 14.6. The van der Waals surface area contributed by atoms with Crippen LogP contribution in [0, 0.1) is 0 Å². The highest BCUT2D eigenvalue weighted by atomic mass is 79.9. The van der Waals surface area contributed by atoms with Crippen LogP contribution in [0.25, 0.3) is 0 Å². The number of amides is 1. The number of nitrogens with two attached hydrogens (primary N) is 1. The largest absolute Gasteiger partial charge is 0.492 e. The Hall–Kier alpha value is -1.85. The number of anilines is 1. The van der Waals surface area contributed by atoms with Crippen molar-refractivity contribution in [1.29, 1.82) is 0 Å². The minimum Gasteiger partial charge on any atom is -0.492 e. The molecular weight excluding hydrogens is 320 g/mol. The van der Waals surface area contributed by atoms with Crippen molar-refractivity contribution in [3.8, 4) is 5.75 Å². The molecule has 0 radical (unpaired) electrons. The number of nitrogens with one attached hydrogen (secondary N) is 1. The number of rotatable bonds is 5. The van der Waals surface area contributed by atoms with Gasteiger partial charge >= 0.3 is 0 Å². The van der Waals surface area contributed by atoms with Gasteiger partial charge in [0.25, 0.3) is 5.91 Å². The average Bonchev–Trinajstić information content (AvgIpc) is 2.46. The van der Waals surface area contributed by atoms with Crippen LogP contribution in [0.5, 0.6) is 5.75 Å². The lowest BCUT2D eigenvalue weighted by atomic mass is 10.2. The lowest BCUT2D eigenvalue weighted by Gasteiger charge is -2.08. The van der Waals surface area contributed by atoms with E-state index in [4.69, 9.17) is 10.5 Å². The standard InChI is InChI=1S/C15H15BrN2O2/c16-12-6-4-11(5-7-12)15(19)18-13-2-1-3-14(10-13)20-9-8-17/h1-7,10H,8-9,17H2,(H,18,19). The summed E-state index contributed by atoms with van der Waals surface area (Å²) in [5.41, 5.74) is 6.67. The number of hydrogen-bond donors (Lipinski definition) is 2. The predicted octanol–water partition coefficient (Wildman–Crippen LogP) is 3.04. The van der Waals surface area contributed by atoms with Crippen LogP contribution in [0.4, 0.5) is 5.69 Å². The molecular formula is C15H15BrN2O2. The van der Waals surface area contributed by atoms with Crippen molar-refractivity contribution >= 4 is 27.5 Å². The van der Waals surface area contributed by atoms with Gasteiger partial charge in [0, 0.05) is 28.3 Å². The molecule has 0 aliphatic carbocycles. The van der Waals surface area contributed by atoms with Crippen molar-refractivity contribution in [2.24, 2.45) is 5.73 Å². The fourth-order valence-corrected chi connectivity index (χ4v) is 1.91. The minimum absolute atomic E-state index is 0.159. The number of carbonyl (C=O) groups is 1. The minimum atomic E-state index is -0.159. The maximum atomic E-state index is 12.1. The van der Waals surface area contributed by atoms with E-state index in [0.29, 0.717) is 30.2 Å². The molecule has 0 bridgehead atoms. The van der Waals surface area contributed by atoms with Gasteiger partial charge < -0.3 is 15.8 Å². The second-order valence-corrected chi connectivity index (χ2v) is 5.04. The maximum absolute atomic E-state index is 12.1. The van der Waals surface area contributed by atoms with Gasteiger partial charge in [-0.25, -0.2) is 0 Å². The fraction of sp³-hybridized carbons (Fsp3) is 0.133. The molecule has 0 atom stereocenters. The Balaban J connectivity index is 2.05. The fourth-order valence-electron chi connectivity index (χ4n) is 1.64. The quantitative estimate of drug-likeness (QED) is 0.883. The molecule has 0 aliphatic rings. The molecule has 104 valence electrons. The third kappa shape index (κ3) is 4.08. The molecule has 0 spiro atoms. The number of halogens is 1. The van der Waals surface area contributed by atoms with Gasteiger partial charge in [0.2, 0.25) is 0 Å². The summed E-state index contributed by atoms with van der Waals surface area (Å²) in [6.07, 6.45) is 0. The van der Waals surface area contributed by atoms with E-state index in [2.05, 4.69) is 21.2 Å². The van der Waals surface area contributed by atoms with E-state index in [0.717, 1.165) is 4.47 Å². The van der Waals surface area contributed by atoms with Crippen molar-refractivity contribution < 1.29 is 9.53 Å². The van der Waals surface area contributed by atoms with Crippen molar-refractivity contribution in [3.05, 3.63) is 58.6 Å². The van der Waals surface area contributed by atoms with Crippen molar-refractivity contribution in [2.45, 2.75) is 0 Å². The zero-order valence-electron chi connectivity index (χ0n) is 10.8. The van der Waals surface area contributed by atoms with Crippen LogP contribution in [-0.4, -0.2) is 19.1 Å². The Labute approximate surface area is 126 Å². The zero-order chi connectivity index (χ0) is 14.4. The summed E-state index contributed by atoms with van der Waals surface area (Å²) in [4.78, 5) is 12.1. The SMILES string of the molecule is NCCOc1cccc(NC(=O)c2ccc(Br)cc2)c1. The molecule has 20 heavy (non-hydrogen) atoms. The van der Waals surface area contributed by atoms with Crippen LogP contribution in [-0.2, 0) is 0 Å². The Kier molecular flexibility index (Phi) is 5.15. The lowest BCUT2D eigenvalue weighted by molar-refractivity contribution is 0.102. The van der Waals surface area contributed by atoms with Gasteiger partial charge in [-0.05, 0) is 36.4 Å². The van der Waals surface area contributed by atoms with E-state index in [1.807, 2.05) is 30.3 Å². The van der Waals surface area contributed by atoms with E-state index in [-0.39, 0.29) is 5.91 Å². The van der Waals surface area contributed by atoms with E-state index in [9.17, 15) is 4.79 Å². The Morgan fingerprint density at radius 1 is 1.20 bits per heavy atom. The number of carbonyl (C=O) groups excluding carboxylic acids is 1. The van der Waals surface area contributed by atoms with Gasteiger partial charge in [-0.3, -0.25) is 4.79 Å². The number of benzene rings is 2. The van der Waals surface area contributed by atoms with Crippen LogP contribution in [0.3, 0.4) is 0 Å². The molecule has 5 heteroatoms. The molecule has 0 heterocycles. The van der Waals surface area contributed by atoms with Gasteiger partial charge in [0.15, 0.2) is 0 Å². The summed E-state index contributed by atoms with van der Waals surface area (Å²) in [5.74, 6) is 0.525. The van der Waals surface area contributed by atoms with Crippen LogP contribution in [0.1, 0.15) is 10.4 Å². The molecule has 0 aromatic heterocycles. The summed E-state index contributed by atoms with van der Waals surface area (Å²) in [5, 5.41) is 2.83. The van der Waals surface area contributed by atoms with Crippen LogP contribution >= 0.6 is 15.9 Å². The van der Waals surface area contributed by atoms with E-state index < -0.39 is 0 Å². The molecule has 2 rings (SSSR count). The highest BCUT2D eigenvalue weighted by molar-refractivity contribution is 9.10. The molecule has 2 aromatic rings. The Morgan fingerprint density at radius 3 is 2.65 bits per heavy atom. The first-order valence-corrected chi connectivity index (χ1v) is 6.98. The molecule has 0 saturated carbocycles. The number of hydrogen-bond acceptors (Lipinski definition) is 3. The molecule has 0 fully saturated rings. The van der Waals surface area contributed by atoms with E-state index >= 15 is 0 Å². The monoisotopic (exact) mass is 334 g/mol. The zero-order valence-corrected chi connectivity index (χ0v) is 12.4. The van der Waals surface area contributed by atoms with Gasteiger partial charge in [0.05, 0.1) is 0 Å². The highest BCUT2D eigenvalue weighted by Crippen LogP contribution is 2.18. The Bertz CT molecular complexity index is 585. The third-order valence-corrected chi connectivity index (χ3v) is 3.11. The predicted molar refractivity (Wildman–Crippen MR) is 83.1 cm³/mol. The molecule has 0 saturated heterocycles. The first-order chi connectivity index (χ1) is 9.69. The maximum Gasteiger partial charge on any atom is 0.255 e. The smallest absolute Gasteiger partial charge is 0.255 e. The van der Waals surface area contributed by atoms with Crippen molar-refractivity contribution in [3.63, 3.8) is 0 Å². The second kappa shape index (κ2) is 7.07. The van der Waals surface area contributed by atoms with Crippen LogP contribution in [0.15, 0.2) is 53.0 Å². The highest BCUT2D eigenvalue weighted by Gasteiger charge is 2.06. The van der Waals surface area contributed by atoms with Crippen molar-refractivity contribution in [1.82, 2.24) is 0 Å². The van der Waals surface area contributed by atoms with E-state index in [1.165, 1.54) is 0 Å². The summed E-state index contributed by atoms with van der Waals surface area (Å²) >= 11 is 3.34. The summed E-state index contributed by atoms with van der Waals surface area (Å²) < 4.78 is 6.35. The molecule has 0 aliphatic heterocycles. The number of ether oxygens (including phenoxy) is 1. The lowest BCUT2D eigenvalue weighted by Crippen LogP contribution is -2.12. The third-order valence-electron chi connectivity index (χ3n) is 2.58. The van der Waals surface area contributed by atoms with Gasteiger partial charge in [0.1, 0.15) is 12.4 Å².